The van der Waals surface area contributed by atoms with Crippen LogP contribution in [0.2, 0.25) is 0 Å². The van der Waals surface area contributed by atoms with Gasteiger partial charge < -0.3 is 21.1 Å². The highest BCUT2D eigenvalue weighted by molar-refractivity contribution is 7.94. The monoisotopic (exact) mass is 243 g/mol. The second kappa shape index (κ2) is 11.2. The number of aliphatic hydroxyl groups is 1. The van der Waals surface area contributed by atoms with Crippen molar-refractivity contribution in [3.8, 4) is 0 Å². The fraction of sp³-hybridized carbons (Fsp3) is 0.714. The van der Waals surface area contributed by atoms with Gasteiger partial charge in [-0.25, -0.2) is 0 Å². The van der Waals surface area contributed by atoms with Crippen LogP contribution in [0.25, 0.3) is 0 Å². The van der Waals surface area contributed by atoms with Crippen molar-refractivity contribution in [2.45, 2.75) is 18.9 Å². The fourth-order valence-corrected chi connectivity index (χ4v) is 0.506. The van der Waals surface area contributed by atoms with Crippen molar-refractivity contribution in [2.24, 2.45) is 5.73 Å². The predicted octanol–water partition coefficient (Wildman–Crippen LogP) is -0.140. The summed E-state index contributed by atoms with van der Waals surface area (Å²) in [6, 6.07) is -1.06. The maximum absolute atomic E-state index is 10.8. The number of halogens is 1. The van der Waals surface area contributed by atoms with E-state index in [1.165, 1.54) is 0 Å². The quantitative estimate of drug-likeness (QED) is 0.512. The Bertz CT molecular complexity index is 190. The van der Waals surface area contributed by atoms with Gasteiger partial charge in [-0.2, -0.15) is 3.89 Å². The summed E-state index contributed by atoms with van der Waals surface area (Å²) < 4.78 is 10.8. The number of nitrogens with two attached hydrogens (primary N) is 1. The third-order valence-electron chi connectivity index (χ3n) is 1.15. The lowest BCUT2D eigenvalue weighted by Crippen LogP contribution is -2.30. The van der Waals surface area contributed by atoms with E-state index >= 15 is 0 Å². The maximum Gasteiger partial charge on any atom is 0.320 e. The Hall–Kier alpha value is -0.860. The number of hydrogen-bond donors (Lipinski definition) is 4. The normalized spacial score (nSPS) is 11.1. The van der Waals surface area contributed by atoms with Crippen LogP contribution in [0.15, 0.2) is 0 Å². The van der Waals surface area contributed by atoms with E-state index in [0.717, 1.165) is 0 Å². The summed E-state index contributed by atoms with van der Waals surface area (Å²) in [6.45, 7) is -0.0683. The van der Waals surface area contributed by atoms with E-state index in [-0.39, 0.29) is 37.3 Å². The first-order valence-electron chi connectivity index (χ1n) is 4.00. The molecule has 5 N–H and O–H groups in total. The molecule has 6 nitrogen and oxygen atoms in total. The van der Waals surface area contributed by atoms with Gasteiger partial charge in [0.15, 0.2) is 0 Å². The van der Waals surface area contributed by atoms with Crippen LogP contribution < -0.4 is 5.73 Å². The summed E-state index contributed by atoms with van der Waals surface area (Å²) in [5.74, 6) is -2.00. The van der Waals surface area contributed by atoms with Crippen molar-refractivity contribution in [3.63, 3.8) is 0 Å². The largest absolute Gasteiger partial charge is 0.481 e. The third-order valence-corrected chi connectivity index (χ3v) is 1.49. The molecule has 0 spiro atoms. The Kier molecular flexibility index (Phi) is 12.4. The minimum Gasteiger partial charge on any atom is -0.481 e. The van der Waals surface area contributed by atoms with E-state index in [9.17, 15) is 13.5 Å². The summed E-state index contributed by atoms with van der Waals surface area (Å²) in [5, 5.41) is 24.1. The molecule has 0 saturated heterocycles. The van der Waals surface area contributed by atoms with Gasteiger partial charge in [0.1, 0.15) is 6.04 Å². The lowest BCUT2D eigenvalue weighted by molar-refractivity contribution is -0.139. The first-order valence-corrected chi connectivity index (χ1v) is 4.88. The van der Waals surface area contributed by atoms with Crippen LogP contribution in [-0.4, -0.2) is 45.7 Å². The molecular formula is C7H14FNO5S. The standard InChI is InChI=1S/C5H9NO4.C2H5FOS/c6-3(5(9)10)1-2-4(7)8;3-5-2-1-4/h3H,1-2,6H2,(H,7,8)(H,9,10);4H,1-2H2. The van der Waals surface area contributed by atoms with Gasteiger partial charge in [-0.15, -0.1) is 0 Å². The average Bonchev–Trinajstić information content (AvgIpc) is 2.16. The Balaban J connectivity index is 0. The number of aliphatic hydroxyl groups excluding tert-OH is 1. The second-order valence-electron chi connectivity index (χ2n) is 2.41. The molecule has 0 heterocycles. The van der Waals surface area contributed by atoms with E-state index in [1.807, 2.05) is 0 Å². The Labute approximate surface area is 90.6 Å². The van der Waals surface area contributed by atoms with E-state index in [2.05, 4.69) is 0 Å². The van der Waals surface area contributed by atoms with Gasteiger partial charge in [-0.1, -0.05) is 0 Å². The Morgan fingerprint density at radius 1 is 1.40 bits per heavy atom. The van der Waals surface area contributed by atoms with Gasteiger partial charge in [0, 0.05) is 24.3 Å². The molecule has 0 aromatic rings. The Morgan fingerprint density at radius 2 is 1.93 bits per heavy atom. The highest BCUT2D eigenvalue weighted by atomic mass is 32.2. The van der Waals surface area contributed by atoms with Crippen LogP contribution in [0.1, 0.15) is 12.8 Å². The van der Waals surface area contributed by atoms with Crippen molar-refractivity contribution in [2.75, 3.05) is 12.4 Å². The molecule has 0 radical (unpaired) electrons. The topological polar surface area (TPSA) is 121 Å². The molecule has 0 aliphatic carbocycles. The van der Waals surface area contributed by atoms with Gasteiger partial charge in [-0.3, -0.25) is 9.59 Å². The summed E-state index contributed by atoms with van der Waals surface area (Å²) in [6.07, 6.45) is -0.224. The van der Waals surface area contributed by atoms with Crippen LogP contribution in [0.3, 0.4) is 0 Å². The number of carbonyl (C=O) groups is 2. The van der Waals surface area contributed by atoms with E-state index in [0.29, 0.717) is 0 Å². The van der Waals surface area contributed by atoms with Gasteiger partial charge >= 0.3 is 11.9 Å². The van der Waals surface area contributed by atoms with Crippen LogP contribution in [0.5, 0.6) is 0 Å². The molecule has 0 amide bonds. The molecule has 1 atom stereocenters. The molecule has 0 aliphatic heterocycles. The van der Waals surface area contributed by atoms with E-state index in [1.54, 1.807) is 0 Å². The molecule has 0 aliphatic rings. The predicted molar refractivity (Wildman–Crippen MR) is 53.1 cm³/mol. The lowest BCUT2D eigenvalue weighted by Gasteiger charge is -2.01. The van der Waals surface area contributed by atoms with Crippen molar-refractivity contribution in [1.29, 1.82) is 0 Å². The molecule has 8 heteroatoms. The summed E-state index contributed by atoms with van der Waals surface area (Å²) in [7, 11) is 0. The van der Waals surface area contributed by atoms with Crippen molar-refractivity contribution < 1.29 is 28.8 Å². The minimum absolute atomic E-state index is 0.0231. The molecule has 0 rings (SSSR count). The zero-order valence-electron chi connectivity index (χ0n) is 7.93. The van der Waals surface area contributed by atoms with Crippen molar-refractivity contribution in [1.82, 2.24) is 0 Å². The number of rotatable bonds is 6. The van der Waals surface area contributed by atoms with E-state index in [4.69, 9.17) is 21.1 Å². The highest BCUT2D eigenvalue weighted by Crippen LogP contribution is 1.95. The lowest BCUT2D eigenvalue weighted by atomic mass is 10.2. The van der Waals surface area contributed by atoms with Crippen molar-refractivity contribution >= 4 is 24.1 Å². The van der Waals surface area contributed by atoms with Crippen LogP contribution in [0, 0.1) is 0 Å². The van der Waals surface area contributed by atoms with Gasteiger partial charge in [0.05, 0.1) is 6.61 Å². The summed E-state index contributed by atoms with van der Waals surface area (Å²) >= 11 is 0.152. The highest BCUT2D eigenvalue weighted by Gasteiger charge is 2.12. The Morgan fingerprint density at radius 3 is 2.13 bits per heavy atom. The molecule has 1 unspecified atom stereocenters. The zero-order valence-corrected chi connectivity index (χ0v) is 8.74. The molecule has 0 aromatic carbocycles. The van der Waals surface area contributed by atoms with Crippen LogP contribution in [0.4, 0.5) is 3.89 Å². The van der Waals surface area contributed by atoms with Crippen molar-refractivity contribution in [3.05, 3.63) is 0 Å². The van der Waals surface area contributed by atoms with Gasteiger partial charge in [0.2, 0.25) is 0 Å². The first kappa shape index (κ1) is 16.6. The summed E-state index contributed by atoms with van der Waals surface area (Å²) in [5.41, 5.74) is 5.00. The number of hydrogen-bond acceptors (Lipinski definition) is 5. The molecule has 15 heavy (non-hydrogen) atoms. The number of carboxylic acids is 2. The molecule has 0 bridgehead atoms. The smallest absolute Gasteiger partial charge is 0.320 e. The fourth-order valence-electron chi connectivity index (χ4n) is 0.437. The summed E-state index contributed by atoms with van der Waals surface area (Å²) in [4.78, 5) is 19.9. The maximum atomic E-state index is 10.8. The molecule has 90 valence electrons. The number of carboxylic acid groups (broad SMARTS) is 2. The molecule has 0 aromatic heterocycles. The van der Waals surface area contributed by atoms with Crippen LogP contribution in [-0.2, 0) is 9.59 Å². The zero-order chi connectivity index (χ0) is 12.3. The molecule has 0 fully saturated rings. The first-order chi connectivity index (χ1) is 6.95. The second-order valence-corrected chi connectivity index (χ2v) is 3.04. The third kappa shape index (κ3) is 15.9. The minimum atomic E-state index is -1.17. The average molecular weight is 243 g/mol. The van der Waals surface area contributed by atoms with Crippen LogP contribution >= 0.6 is 12.1 Å². The SMILES string of the molecule is NC(CCC(=O)O)C(=O)O.OCCSF. The van der Waals surface area contributed by atoms with Gasteiger partial charge in [0.25, 0.3) is 0 Å². The van der Waals surface area contributed by atoms with Gasteiger partial charge in [-0.05, 0) is 6.42 Å². The molecule has 0 saturated carbocycles. The number of aliphatic carboxylic acids is 2. The molecular weight excluding hydrogens is 229 g/mol. The van der Waals surface area contributed by atoms with E-state index < -0.39 is 18.0 Å².